The van der Waals surface area contributed by atoms with Gasteiger partial charge in [0.15, 0.2) is 0 Å². The van der Waals surface area contributed by atoms with Crippen molar-refractivity contribution in [2.45, 2.75) is 79.1 Å². The summed E-state index contributed by atoms with van der Waals surface area (Å²) in [6.07, 6.45) is 0.467. The van der Waals surface area contributed by atoms with E-state index in [1.807, 2.05) is 46.8 Å². The van der Waals surface area contributed by atoms with Gasteiger partial charge in [0.05, 0.1) is 12.8 Å². The van der Waals surface area contributed by atoms with Crippen LogP contribution in [0.15, 0.2) is 24.3 Å². The number of carbonyl (C=O) groups is 2. The lowest BCUT2D eigenvalue weighted by molar-refractivity contribution is -0.138. The lowest BCUT2D eigenvalue weighted by Crippen LogP contribution is -2.31. The summed E-state index contributed by atoms with van der Waals surface area (Å²) >= 11 is 0. The number of carbonyl (C=O) groups excluding carboxylic acids is 1. The van der Waals surface area contributed by atoms with Crippen molar-refractivity contribution in [3.05, 3.63) is 57.6 Å². The molecule has 0 bridgehead atoms. The van der Waals surface area contributed by atoms with Gasteiger partial charge in [-0.05, 0) is 62.1 Å². The first-order valence-electron chi connectivity index (χ1n) is 10.5. The van der Waals surface area contributed by atoms with Gasteiger partial charge in [-0.15, -0.1) is 0 Å². The molecule has 32 heavy (non-hydrogen) atoms. The third-order valence-electron chi connectivity index (χ3n) is 5.66. The molecule has 0 amide bonds. The van der Waals surface area contributed by atoms with Crippen molar-refractivity contribution in [1.29, 1.82) is 0 Å². The molecule has 2 aromatic carbocycles. The summed E-state index contributed by atoms with van der Waals surface area (Å²) in [6, 6.07) is 7.71. The molecule has 3 rings (SSSR count). The summed E-state index contributed by atoms with van der Waals surface area (Å²) < 4.78 is 5.29. The minimum absolute atomic E-state index is 0. The molecule has 0 spiro atoms. The number of hydrogen-bond donors (Lipinski definition) is 2. The number of rotatable bonds is 3. The second-order valence-corrected chi connectivity index (χ2v) is 9.92. The molecule has 0 radical (unpaired) electrons. The molecular formula is C26H35O6-. The van der Waals surface area contributed by atoms with Crippen molar-refractivity contribution in [2.24, 2.45) is 0 Å². The summed E-state index contributed by atoms with van der Waals surface area (Å²) in [7, 11) is 0. The summed E-state index contributed by atoms with van der Waals surface area (Å²) in [5.74, 6) is -0.0561. The van der Waals surface area contributed by atoms with Gasteiger partial charge in [-0.3, -0.25) is 9.59 Å². The predicted molar refractivity (Wildman–Crippen MR) is 124 cm³/mol. The van der Waals surface area contributed by atoms with Crippen LogP contribution < -0.4 is 4.74 Å². The Kier molecular flexibility index (Phi) is 8.27. The summed E-state index contributed by atoms with van der Waals surface area (Å²) in [6.45, 7) is 15.7. The average molecular weight is 444 g/mol. The number of aryl methyl sites for hydroxylation is 4. The van der Waals surface area contributed by atoms with E-state index in [0.29, 0.717) is 6.42 Å². The number of carboxylic acid groups (broad SMARTS) is 1. The number of phenols is 1. The van der Waals surface area contributed by atoms with E-state index in [9.17, 15) is 14.7 Å². The molecule has 3 N–H and O–H groups in total. The minimum Gasteiger partial charge on any atom is -0.870 e. The van der Waals surface area contributed by atoms with Crippen molar-refractivity contribution in [3.8, 4) is 11.5 Å². The number of ether oxygens (including phenoxy) is 1. The van der Waals surface area contributed by atoms with Crippen molar-refractivity contribution in [2.75, 3.05) is 0 Å². The Labute approximate surface area is 190 Å². The zero-order valence-electron chi connectivity index (χ0n) is 20.3. The quantitative estimate of drug-likeness (QED) is 0.480. The second-order valence-electron chi connectivity index (χ2n) is 9.92. The smallest absolute Gasteiger partial charge is 0.312 e. The fraction of sp³-hybridized carbons (Fsp3) is 0.462. The first-order chi connectivity index (χ1) is 14.1. The molecule has 0 fully saturated rings. The van der Waals surface area contributed by atoms with Gasteiger partial charge in [-0.25, -0.2) is 0 Å². The largest absolute Gasteiger partial charge is 0.870 e. The zero-order chi connectivity index (χ0) is 23.7. The van der Waals surface area contributed by atoms with E-state index in [1.165, 1.54) is 11.1 Å². The fourth-order valence-corrected chi connectivity index (χ4v) is 4.78. The van der Waals surface area contributed by atoms with Crippen molar-refractivity contribution in [3.63, 3.8) is 0 Å². The van der Waals surface area contributed by atoms with Crippen LogP contribution in [0.25, 0.3) is 0 Å². The zero-order valence-corrected chi connectivity index (χ0v) is 20.3. The normalized spacial score (nSPS) is 14.3. The highest BCUT2D eigenvalue weighted by Gasteiger charge is 2.35. The van der Waals surface area contributed by atoms with Crippen molar-refractivity contribution in [1.82, 2.24) is 0 Å². The monoisotopic (exact) mass is 443 g/mol. The molecule has 1 heterocycles. The first-order valence-corrected chi connectivity index (χ1v) is 10.5. The van der Waals surface area contributed by atoms with E-state index in [1.54, 1.807) is 6.07 Å². The van der Waals surface area contributed by atoms with Crippen LogP contribution in [0.5, 0.6) is 11.5 Å². The van der Waals surface area contributed by atoms with Crippen molar-refractivity contribution < 1.29 is 30.0 Å². The van der Waals surface area contributed by atoms with Gasteiger partial charge >= 0.3 is 11.9 Å². The number of aliphatic carboxylic acids is 1. The maximum atomic E-state index is 11.4. The number of phenolic OH excluding ortho intramolecular Hbond substituents is 1. The summed E-state index contributed by atoms with van der Waals surface area (Å²) in [5.41, 5.74) is 5.48. The Morgan fingerprint density at radius 2 is 1.56 bits per heavy atom. The Morgan fingerprint density at radius 1 is 1.03 bits per heavy atom. The first kappa shape index (κ1) is 27.2. The molecule has 0 atom stereocenters. The number of carboxylic acids is 1. The molecule has 0 unspecified atom stereocenters. The van der Waals surface area contributed by atoms with E-state index in [0.717, 1.165) is 28.0 Å². The van der Waals surface area contributed by atoms with Gasteiger partial charge in [0.2, 0.25) is 0 Å². The van der Waals surface area contributed by atoms with E-state index in [2.05, 4.69) is 26.8 Å². The van der Waals surface area contributed by atoms with Crippen LogP contribution >= 0.6 is 0 Å². The average Bonchev–Trinajstić information content (AvgIpc) is 2.49. The fourth-order valence-electron chi connectivity index (χ4n) is 4.78. The third kappa shape index (κ3) is 6.10. The topological polar surface area (TPSA) is 114 Å². The number of esters is 1. The molecule has 1 aliphatic rings. The van der Waals surface area contributed by atoms with E-state index in [-0.39, 0.29) is 29.0 Å². The highest BCUT2D eigenvalue weighted by Crippen LogP contribution is 2.41. The Hall–Kier alpha value is -2.86. The predicted octanol–water partition coefficient (Wildman–Crippen LogP) is 5.47. The van der Waals surface area contributed by atoms with Gasteiger partial charge in [0.25, 0.3) is 0 Å². The van der Waals surface area contributed by atoms with Gasteiger partial charge < -0.3 is 20.4 Å². The molecule has 2 aromatic rings. The Morgan fingerprint density at radius 3 is 2.09 bits per heavy atom. The third-order valence-corrected chi connectivity index (χ3v) is 5.66. The van der Waals surface area contributed by atoms with E-state index >= 15 is 0 Å². The highest BCUT2D eigenvalue weighted by atomic mass is 16.5. The minimum atomic E-state index is -0.857. The van der Waals surface area contributed by atoms with Gasteiger partial charge in [-0.2, -0.15) is 0 Å². The van der Waals surface area contributed by atoms with Gasteiger partial charge in [0, 0.05) is 22.0 Å². The Balaban J connectivity index is 0.000000311. The van der Waals surface area contributed by atoms with Gasteiger partial charge in [-0.1, -0.05) is 39.8 Å². The maximum absolute atomic E-state index is 11.4. The van der Waals surface area contributed by atoms with Crippen LogP contribution in [-0.4, -0.2) is 27.6 Å². The number of aromatic hydroxyl groups is 1. The lowest BCUT2D eigenvalue weighted by Gasteiger charge is -2.32. The molecular weight excluding hydrogens is 408 g/mol. The van der Waals surface area contributed by atoms with E-state index in [4.69, 9.17) is 9.84 Å². The maximum Gasteiger partial charge on any atom is 0.312 e. The molecule has 6 heteroatoms. The van der Waals surface area contributed by atoms with Crippen molar-refractivity contribution >= 4 is 11.9 Å². The van der Waals surface area contributed by atoms with E-state index < -0.39 is 11.4 Å². The number of fused-ring (bicyclic) bond motifs is 1. The van der Waals surface area contributed by atoms with Gasteiger partial charge in [0.1, 0.15) is 11.5 Å². The highest BCUT2D eigenvalue weighted by molar-refractivity contribution is 5.78. The van der Waals surface area contributed by atoms with Crippen LogP contribution in [0, 0.1) is 27.7 Å². The summed E-state index contributed by atoms with van der Waals surface area (Å²) in [4.78, 5) is 22.2. The molecule has 0 saturated heterocycles. The lowest BCUT2D eigenvalue weighted by atomic mass is 9.77. The second kappa shape index (κ2) is 9.74. The molecule has 1 aliphatic heterocycles. The van der Waals surface area contributed by atoms with Crippen LogP contribution in [0.1, 0.15) is 73.9 Å². The van der Waals surface area contributed by atoms with Crippen LogP contribution in [0.4, 0.5) is 0 Å². The summed E-state index contributed by atoms with van der Waals surface area (Å²) in [5, 5.41) is 18.8. The SMILES string of the molecule is Cc1cc(C)c(C(C)(C)CC(=O)O)c(O)c1.Cc1cc(C)c2c(c1)OC(=O)CC2(C)C.[OH-]. The van der Waals surface area contributed by atoms with Crippen LogP contribution in [0.3, 0.4) is 0 Å². The molecule has 0 aliphatic carbocycles. The standard InChI is InChI=1S/C13H18O3.C13H16O2.H2O/c1-8-5-9(2)12(10(14)6-8)13(3,4)7-11(15)16;1-8-5-9(2)12-10(6-8)15-11(14)7-13(12,3)4;/h5-6,14H,7H2,1-4H3,(H,15,16);5-6H,7H2,1-4H3;1H2/p-1. The van der Waals surface area contributed by atoms with Crippen LogP contribution in [-0.2, 0) is 20.4 Å². The van der Waals surface area contributed by atoms with Crippen LogP contribution in [0.2, 0.25) is 0 Å². The molecule has 0 saturated carbocycles. The number of benzene rings is 2. The molecule has 176 valence electrons. The Bertz CT molecular complexity index is 994. The number of hydrogen-bond acceptors (Lipinski definition) is 5. The molecule has 6 nitrogen and oxygen atoms in total. The molecule has 0 aromatic heterocycles.